The molecule has 0 unspecified atom stereocenters. The first-order valence-electron chi connectivity index (χ1n) is 4.19. The van der Waals surface area contributed by atoms with Crippen molar-refractivity contribution in [2.45, 2.75) is 6.54 Å². The third-order valence-corrected chi connectivity index (χ3v) is 2.03. The lowest BCUT2D eigenvalue weighted by Gasteiger charge is -2.25. The molecule has 1 aromatic heterocycles. The number of hydrogen-bond acceptors (Lipinski definition) is 4. The smallest absolute Gasteiger partial charge is 0.283 e. The highest BCUT2D eigenvalue weighted by atomic mass is 16.3. The van der Waals surface area contributed by atoms with Crippen molar-refractivity contribution in [2.75, 3.05) is 26.2 Å². The van der Waals surface area contributed by atoms with Crippen LogP contribution >= 0.6 is 0 Å². The maximum Gasteiger partial charge on any atom is 0.283 e. The van der Waals surface area contributed by atoms with Gasteiger partial charge in [0.1, 0.15) is 6.26 Å². The van der Waals surface area contributed by atoms with E-state index < -0.39 is 0 Å². The van der Waals surface area contributed by atoms with Crippen molar-refractivity contribution >= 4 is 0 Å². The number of nitrogens with one attached hydrogen (secondary N) is 1. The van der Waals surface area contributed by atoms with Crippen LogP contribution in [-0.4, -0.2) is 36.1 Å². The molecule has 0 saturated carbocycles. The van der Waals surface area contributed by atoms with E-state index in [-0.39, 0.29) is 0 Å². The maximum atomic E-state index is 4.78. The molecule has 1 aliphatic heterocycles. The first kappa shape index (κ1) is 7.76. The normalized spacial score (nSPS) is 19.7. The minimum Gasteiger partial charge on any atom is -0.441 e. The summed E-state index contributed by atoms with van der Waals surface area (Å²) < 4.78 is 4.78. The van der Waals surface area contributed by atoms with Gasteiger partial charge in [0.15, 0.2) is 0 Å². The summed E-state index contributed by atoms with van der Waals surface area (Å²) in [5.74, 6) is 0. The van der Waals surface area contributed by atoms with E-state index >= 15 is 0 Å². The van der Waals surface area contributed by atoms with Gasteiger partial charge in [0.25, 0.3) is 6.39 Å². The average Bonchev–Trinajstić information content (AvgIpc) is 2.59. The SMILES string of the molecule is [c]1nc(CN2CCNCC2)co1. The molecule has 1 aliphatic rings. The molecule has 1 radical (unpaired) electrons. The summed E-state index contributed by atoms with van der Waals surface area (Å²) in [6.45, 7) is 5.21. The highest BCUT2D eigenvalue weighted by molar-refractivity contribution is 4.90. The van der Waals surface area contributed by atoms with E-state index in [1.165, 1.54) is 0 Å². The first-order valence-corrected chi connectivity index (χ1v) is 4.19. The zero-order valence-electron chi connectivity index (χ0n) is 6.92. The van der Waals surface area contributed by atoms with Gasteiger partial charge in [-0.3, -0.25) is 4.90 Å². The Kier molecular flexibility index (Phi) is 2.39. The van der Waals surface area contributed by atoms with Crippen LogP contribution in [0, 0.1) is 6.39 Å². The van der Waals surface area contributed by atoms with E-state index in [0.717, 1.165) is 38.4 Å². The van der Waals surface area contributed by atoms with Crippen molar-refractivity contribution in [3.05, 3.63) is 18.4 Å². The molecule has 0 bridgehead atoms. The van der Waals surface area contributed by atoms with E-state index in [2.05, 4.69) is 21.6 Å². The van der Waals surface area contributed by atoms with Gasteiger partial charge in [-0.25, -0.2) is 4.98 Å². The van der Waals surface area contributed by atoms with Crippen LogP contribution in [0.1, 0.15) is 5.69 Å². The first-order chi connectivity index (χ1) is 5.95. The van der Waals surface area contributed by atoms with Crippen molar-refractivity contribution in [1.29, 1.82) is 0 Å². The number of aromatic nitrogens is 1. The second kappa shape index (κ2) is 3.69. The van der Waals surface area contributed by atoms with E-state index in [1.54, 1.807) is 6.26 Å². The summed E-state index contributed by atoms with van der Waals surface area (Å²) in [7, 11) is 0. The molecular weight excluding hydrogens is 154 g/mol. The van der Waals surface area contributed by atoms with Gasteiger partial charge in [0.2, 0.25) is 0 Å². The summed E-state index contributed by atoms with van der Waals surface area (Å²) in [5, 5.41) is 3.30. The van der Waals surface area contributed by atoms with Gasteiger partial charge in [-0.2, -0.15) is 0 Å². The monoisotopic (exact) mass is 166 g/mol. The van der Waals surface area contributed by atoms with Gasteiger partial charge >= 0.3 is 0 Å². The quantitative estimate of drug-likeness (QED) is 0.665. The number of hydrogen-bond donors (Lipinski definition) is 1. The van der Waals surface area contributed by atoms with Crippen molar-refractivity contribution in [1.82, 2.24) is 15.2 Å². The predicted molar refractivity (Wildman–Crippen MR) is 43.5 cm³/mol. The Morgan fingerprint density at radius 1 is 1.58 bits per heavy atom. The predicted octanol–water partition coefficient (Wildman–Crippen LogP) is -0.120. The van der Waals surface area contributed by atoms with Gasteiger partial charge in [0.05, 0.1) is 5.69 Å². The Labute approximate surface area is 71.6 Å². The fourth-order valence-corrected chi connectivity index (χ4v) is 1.38. The topological polar surface area (TPSA) is 41.3 Å². The molecule has 1 N–H and O–H groups in total. The molecule has 1 aromatic rings. The second-order valence-electron chi connectivity index (χ2n) is 2.96. The highest BCUT2D eigenvalue weighted by Gasteiger charge is 2.10. The molecule has 0 amide bonds. The van der Waals surface area contributed by atoms with Crippen LogP contribution in [0.3, 0.4) is 0 Å². The van der Waals surface area contributed by atoms with Crippen LogP contribution in [0.25, 0.3) is 0 Å². The zero-order chi connectivity index (χ0) is 8.23. The summed E-state index contributed by atoms with van der Waals surface area (Å²) in [6.07, 6.45) is 4.11. The van der Waals surface area contributed by atoms with Crippen LogP contribution in [0.15, 0.2) is 10.7 Å². The summed E-state index contributed by atoms with van der Waals surface area (Å²) in [6, 6.07) is 0. The van der Waals surface area contributed by atoms with Crippen molar-refractivity contribution in [3.8, 4) is 0 Å². The summed E-state index contributed by atoms with van der Waals surface area (Å²) in [5.41, 5.74) is 0.969. The lowest BCUT2D eigenvalue weighted by Crippen LogP contribution is -2.42. The lowest BCUT2D eigenvalue weighted by atomic mass is 10.3. The Morgan fingerprint density at radius 3 is 3.08 bits per heavy atom. The van der Waals surface area contributed by atoms with Crippen LogP contribution < -0.4 is 5.32 Å². The second-order valence-corrected chi connectivity index (χ2v) is 2.96. The Balaban J connectivity index is 1.86. The minimum atomic E-state index is 0.884. The average molecular weight is 166 g/mol. The molecule has 12 heavy (non-hydrogen) atoms. The standard InChI is InChI=1S/C8H12N3O/c1-3-11(4-2-9-1)5-8-6-12-7-10-8/h6,9H,1-5H2. The summed E-state index contributed by atoms with van der Waals surface area (Å²) in [4.78, 5) is 6.31. The molecule has 65 valence electrons. The number of oxazole rings is 1. The molecule has 0 atom stereocenters. The molecule has 0 aliphatic carbocycles. The third-order valence-electron chi connectivity index (χ3n) is 2.03. The largest absolute Gasteiger partial charge is 0.441 e. The van der Waals surface area contributed by atoms with Crippen LogP contribution in [0.2, 0.25) is 0 Å². The van der Waals surface area contributed by atoms with Gasteiger partial charge in [-0.15, -0.1) is 0 Å². The zero-order valence-corrected chi connectivity index (χ0v) is 6.92. The third kappa shape index (κ3) is 1.84. The fraction of sp³-hybridized carbons (Fsp3) is 0.625. The lowest BCUT2D eigenvalue weighted by molar-refractivity contribution is 0.230. The van der Waals surface area contributed by atoms with Gasteiger partial charge in [0, 0.05) is 32.7 Å². The number of nitrogens with zero attached hydrogens (tertiary/aromatic N) is 2. The number of rotatable bonds is 2. The molecule has 1 fully saturated rings. The van der Waals surface area contributed by atoms with Crippen LogP contribution in [0.5, 0.6) is 0 Å². The molecular formula is C8H12N3O. The van der Waals surface area contributed by atoms with Crippen molar-refractivity contribution in [3.63, 3.8) is 0 Å². The highest BCUT2D eigenvalue weighted by Crippen LogP contribution is 2.01. The van der Waals surface area contributed by atoms with Crippen LogP contribution in [0.4, 0.5) is 0 Å². The molecule has 4 nitrogen and oxygen atoms in total. The Bertz CT molecular complexity index is 216. The molecule has 2 rings (SSSR count). The number of piperazine rings is 1. The van der Waals surface area contributed by atoms with Crippen molar-refractivity contribution in [2.24, 2.45) is 0 Å². The molecule has 0 spiro atoms. The molecule has 2 heterocycles. The van der Waals surface area contributed by atoms with E-state index in [1.807, 2.05) is 0 Å². The molecule has 0 aromatic carbocycles. The van der Waals surface area contributed by atoms with Gasteiger partial charge < -0.3 is 9.73 Å². The maximum absolute atomic E-state index is 4.78. The van der Waals surface area contributed by atoms with E-state index in [9.17, 15) is 0 Å². The fourth-order valence-electron chi connectivity index (χ4n) is 1.38. The molecule has 4 heteroatoms. The van der Waals surface area contributed by atoms with Crippen molar-refractivity contribution < 1.29 is 4.42 Å². The minimum absolute atomic E-state index is 0.884. The Morgan fingerprint density at radius 2 is 2.42 bits per heavy atom. The van der Waals surface area contributed by atoms with Gasteiger partial charge in [-0.1, -0.05) is 0 Å². The van der Waals surface area contributed by atoms with E-state index in [4.69, 9.17) is 4.42 Å². The molecule has 1 saturated heterocycles. The van der Waals surface area contributed by atoms with E-state index in [0.29, 0.717) is 0 Å². The Hall–Kier alpha value is -0.870. The summed E-state index contributed by atoms with van der Waals surface area (Å²) >= 11 is 0. The van der Waals surface area contributed by atoms with Gasteiger partial charge in [-0.05, 0) is 0 Å². The van der Waals surface area contributed by atoms with Crippen LogP contribution in [-0.2, 0) is 6.54 Å².